The molecule has 0 atom stereocenters. The fourth-order valence-corrected chi connectivity index (χ4v) is 4.29. The highest BCUT2D eigenvalue weighted by atomic mass is 32.1. The summed E-state index contributed by atoms with van der Waals surface area (Å²) < 4.78 is 1.33. The molecule has 0 radical (unpaired) electrons. The smallest absolute Gasteiger partial charge is 0.280 e. The largest absolute Gasteiger partial charge is 0.296 e. The van der Waals surface area contributed by atoms with E-state index in [2.05, 4.69) is 27.5 Å². The number of anilines is 1. The highest BCUT2D eigenvalue weighted by molar-refractivity contribution is 7.15. The number of benzene rings is 2. The lowest BCUT2D eigenvalue weighted by atomic mass is 9.95. The summed E-state index contributed by atoms with van der Waals surface area (Å²) in [4.78, 5) is 26.8. The van der Waals surface area contributed by atoms with Crippen LogP contribution in [0.5, 0.6) is 0 Å². The number of amides is 1. The molecule has 0 bridgehead atoms. The molecule has 32 heavy (non-hydrogen) atoms. The van der Waals surface area contributed by atoms with Crippen molar-refractivity contribution in [2.24, 2.45) is 0 Å². The van der Waals surface area contributed by atoms with Gasteiger partial charge in [0.05, 0.1) is 5.69 Å². The van der Waals surface area contributed by atoms with E-state index in [0.717, 1.165) is 29.0 Å². The molecule has 7 nitrogen and oxygen atoms in total. The molecule has 0 aliphatic heterocycles. The molecule has 1 N–H and O–H groups in total. The van der Waals surface area contributed by atoms with Crippen LogP contribution in [-0.4, -0.2) is 25.9 Å². The van der Waals surface area contributed by atoms with Gasteiger partial charge in [0.1, 0.15) is 10.6 Å². The molecular weight excluding hydrogens is 422 g/mol. The molecule has 8 heteroatoms. The molecular formula is C24H23N5O2S. The molecule has 4 aromatic rings. The van der Waals surface area contributed by atoms with E-state index in [0.29, 0.717) is 22.9 Å². The van der Waals surface area contributed by atoms with Crippen molar-refractivity contribution in [3.8, 4) is 22.4 Å². The number of carbonyl (C=O) groups excluding carboxylic acids is 1. The minimum Gasteiger partial charge on any atom is -0.296 e. The Morgan fingerprint density at radius 2 is 1.62 bits per heavy atom. The van der Waals surface area contributed by atoms with Crippen molar-refractivity contribution in [3.63, 3.8) is 0 Å². The van der Waals surface area contributed by atoms with Crippen LogP contribution in [0.15, 0.2) is 65.5 Å². The van der Waals surface area contributed by atoms with Gasteiger partial charge >= 0.3 is 0 Å². The first-order valence-electron chi connectivity index (χ1n) is 10.5. The Morgan fingerprint density at radius 1 is 0.969 bits per heavy atom. The Kier molecular flexibility index (Phi) is 6.51. The third-order valence-corrected chi connectivity index (χ3v) is 5.84. The summed E-state index contributed by atoms with van der Waals surface area (Å²) in [5, 5.41) is 16.8. The van der Waals surface area contributed by atoms with Crippen LogP contribution in [0.3, 0.4) is 0 Å². The van der Waals surface area contributed by atoms with Gasteiger partial charge in [-0.2, -0.15) is 5.10 Å². The summed E-state index contributed by atoms with van der Waals surface area (Å²) >= 11 is 1.32. The van der Waals surface area contributed by atoms with Gasteiger partial charge in [-0.25, -0.2) is 4.68 Å². The second kappa shape index (κ2) is 9.65. The van der Waals surface area contributed by atoms with E-state index in [1.54, 1.807) is 0 Å². The quantitative estimate of drug-likeness (QED) is 0.447. The van der Waals surface area contributed by atoms with Crippen molar-refractivity contribution in [2.45, 2.75) is 33.2 Å². The highest BCUT2D eigenvalue weighted by Gasteiger charge is 2.25. The van der Waals surface area contributed by atoms with Gasteiger partial charge in [-0.15, -0.1) is 10.2 Å². The highest BCUT2D eigenvalue weighted by Crippen LogP contribution is 2.32. The SMILES string of the molecule is CCCc1nnc(NC(=O)c2c(-c3ccccc3)c(-c3ccccc3)nn(CC)c2=O)s1. The molecule has 0 saturated carbocycles. The molecule has 0 aliphatic rings. The molecule has 0 spiro atoms. The van der Waals surface area contributed by atoms with Gasteiger partial charge in [0.15, 0.2) is 0 Å². The second-order valence-corrected chi connectivity index (χ2v) is 8.22. The molecule has 4 rings (SSSR count). The summed E-state index contributed by atoms with van der Waals surface area (Å²) in [5.41, 5.74) is 2.24. The van der Waals surface area contributed by atoms with Crippen LogP contribution in [0.25, 0.3) is 22.4 Å². The summed E-state index contributed by atoms with van der Waals surface area (Å²) in [5.74, 6) is -0.519. The lowest BCUT2D eigenvalue weighted by molar-refractivity contribution is 0.102. The normalized spacial score (nSPS) is 10.8. The third-order valence-electron chi connectivity index (χ3n) is 4.94. The lowest BCUT2D eigenvalue weighted by Gasteiger charge is -2.16. The first-order chi connectivity index (χ1) is 15.6. The summed E-state index contributed by atoms with van der Waals surface area (Å²) in [6.45, 7) is 4.23. The van der Waals surface area contributed by atoms with Crippen molar-refractivity contribution >= 4 is 22.4 Å². The number of aromatic nitrogens is 4. The molecule has 0 unspecified atom stereocenters. The van der Waals surface area contributed by atoms with E-state index >= 15 is 0 Å². The van der Waals surface area contributed by atoms with Crippen LogP contribution in [0, 0.1) is 0 Å². The van der Waals surface area contributed by atoms with E-state index in [9.17, 15) is 9.59 Å². The molecule has 2 heterocycles. The fourth-order valence-electron chi connectivity index (χ4n) is 3.46. The topological polar surface area (TPSA) is 89.8 Å². The van der Waals surface area contributed by atoms with Gasteiger partial charge < -0.3 is 0 Å². The van der Waals surface area contributed by atoms with Crippen LogP contribution in [0.2, 0.25) is 0 Å². The predicted octanol–water partition coefficient (Wildman–Crippen LogP) is 4.65. The Hall–Kier alpha value is -3.65. The number of nitrogens with one attached hydrogen (secondary N) is 1. The molecule has 2 aromatic carbocycles. The van der Waals surface area contributed by atoms with Crippen molar-refractivity contribution < 1.29 is 4.79 Å². The van der Waals surface area contributed by atoms with Gasteiger partial charge in [0.2, 0.25) is 5.13 Å². The summed E-state index contributed by atoms with van der Waals surface area (Å²) in [7, 11) is 0. The van der Waals surface area contributed by atoms with Crippen molar-refractivity contribution in [2.75, 3.05) is 5.32 Å². The maximum absolute atomic E-state index is 13.4. The zero-order valence-corrected chi connectivity index (χ0v) is 18.7. The van der Waals surface area contributed by atoms with Crippen LogP contribution >= 0.6 is 11.3 Å². The van der Waals surface area contributed by atoms with E-state index in [1.165, 1.54) is 16.0 Å². The number of carbonyl (C=O) groups is 1. The molecule has 0 fully saturated rings. The van der Waals surface area contributed by atoms with E-state index in [4.69, 9.17) is 0 Å². The Bertz CT molecular complexity index is 1280. The van der Waals surface area contributed by atoms with Gasteiger partial charge in [0, 0.05) is 24.1 Å². The maximum atomic E-state index is 13.4. The Morgan fingerprint density at radius 3 is 2.25 bits per heavy atom. The zero-order chi connectivity index (χ0) is 22.5. The average Bonchev–Trinajstić information content (AvgIpc) is 3.26. The monoisotopic (exact) mass is 445 g/mol. The molecule has 0 saturated heterocycles. The van der Waals surface area contributed by atoms with E-state index in [1.807, 2.05) is 67.6 Å². The van der Waals surface area contributed by atoms with Crippen LogP contribution < -0.4 is 10.9 Å². The number of rotatable bonds is 7. The fraction of sp³-hybridized carbons (Fsp3) is 0.208. The predicted molar refractivity (Wildman–Crippen MR) is 127 cm³/mol. The molecule has 1 amide bonds. The Balaban J connectivity index is 1.91. The zero-order valence-electron chi connectivity index (χ0n) is 17.9. The lowest BCUT2D eigenvalue weighted by Crippen LogP contribution is -2.32. The Labute approximate surface area is 189 Å². The van der Waals surface area contributed by atoms with Gasteiger partial charge in [-0.1, -0.05) is 78.9 Å². The van der Waals surface area contributed by atoms with Crippen LogP contribution in [0.1, 0.15) is 35.6 Å². The minimum atomic E-state index is -0.519. The third kappa shape index (κ3) is 4.36. The first kappa shape index (κ1) is 21.6. The summed E-state index contributed by atoms with van der Waals surface area (Å²) in [6.07, 6.45) is 1.73. The van der Waals surface area contributed by atoms with Gasteiger partial charge in [-0.05, 0) is 18.9 Å². The molecule has 2 aromatic heterocycles. The molecule has 162 valence electrons. The number of aryl methyl sites for hydroxylation is 2. The molecule has 0 aliphatic carbocycles. The van der Waals surface area contributed by atoms with E-state index < -0.39 is 11.5 Å². The maximum Gasteiger partial charge on any atom is 0.280 e. The second-order valence-electron chi connectivity index (χ2n) is 7.16. The van der Waals surface area contributed by atoms with Gasteiger partial charge in [0.25, 0.3) is 11.5 Å². The first-order valence-corrected chi connectivity index (χ1v) is 11.3. The van der Waals surface area contributed by atoms with Gasteiger partial charge in [-0.3, -0.25) is 14.9 Å². The van der Waals surface area contributed by atoms with Crippen molar-refractivity contribution in [1.29, 1.82) is 0 Å². The average molecular weight is 446 g/mol. The number of hydrogen-bond donors (Lipinski definition) is 1. The minimum absolute atomic E-state index is 0.0409. The van der Waals surface area contributed by atoms with Crippen molar-refractivity contribution in [1.82, 2.24) is 20.0 Å². The standard InChI is InChI=1S/C24H23N5O2S/c1-3-11-18-26-27-24(32-18)25-22(30)20-19(16-12-7-5-8-13-16)21(17-14-9-6-10-15-17)28-29(4-2)23(20)31/h5-10,12-15H,3-4,11H2,1-2H3,(H,25,27,30). The van der Waals surface area contributed by atoms with Crippen LogP contribution in [0.4, 0.5) is 5.13 Å². The van der Waals surface area contributed by atoms with Crippen molar-refractivity contribution in [3.05, 3.63) is 81.6 Å². The van der Waals surface area contributed by atoms with E-state index in [-0.39, 0.29) is 5.56 Å². The van der Waals surface area contributed by atoms with Crippen LogP contribution in [-0.2, 0) is 13.0 Å². The summed E-state index contributed by atoms with van der Waals surface area (Å²) in [6, 6.07) is 19.0. The number of nitrogens with zero attached hydrogens (tertiary/aromatic N) is 4. The number of hydrogen-bond acceptors (Lipinski definition) is 6.